The van der Waals surface area contributed by atoms with Crippen LogP contribution in [0.5, 0.6) is 0 Å². The highest BCUT2D eigenvalue weighted by Crippen LogP contribution is 2.12. The third-order valence-electron chi connectivity index (χ3n) is 4.00. The van der Waals surface area contributed by atoms with Crippen LogP contribution in [-0.2, 0) is 17.8 Å². The van der Waals surface area contributed by atoms with Gasteiger partial charge in [-0.25, -0.2) is 0 Å². The molecule has 0 radical (unpaired) electrons. The molecule has 0 unspecified atom stereocenters. The van der Waals surface area contributed by atoms with Crippen molar-refractivity contribution in [2.24, 2.45) is 0 Å². The molecule has 0 bridgehead atoms. The highest BCUT2D eigenvalue weighted by atomic mass is 16.5. The minimum Gasteiger partial charge on any atom is -0.371 e. The number of pyridine rings is 1. The summed E-state index contributed by atoms with van der Waals surface area (Å²) in [6.07, 6.45) is 12.1. The molecule has 0 aliphatic heterocycles. The number of rotatable bonds is 10. The third kappa shape index (κ3) is 7.56. The van der Waals surface area contributed by atoms with E-state index in [1.54, 1.807) is 0 Å². The molecule has 122 valence electrons. The minimum absolute atomic E-state index is 0.590. The first-order valence-corrected chi connectivity index (χ1v) is 8.54. The summed E-state index contributed by atoms with van der Waals surface area (Å²) in [5.41, 5.74) is 5.24. The van der Waals surface area contributed by atoms with E-state index in [-0.39, 0.29) is 0 Å². The second kappa shape index (κ2) is 11.2. The fourth-order valence-electron chi connectivity index (χ4n) is 2.16. The van der Waals surface area contributed by atoms with Gasteiger partial charge in [0.05, 0.1) is 18.9 Å². The van der Waals surface area contributed by atoms with Gasteiger partial charge in [0, 0.05) is 6.20 Å². The van der Waals surface area contributed by atoms with Crippen molar-refractivity contribution < 1.29 is 4.74 Å². The second-order valence-corrected chi connectivity index (χ2v) is 5.69. The fourth-order valence-corrected chi connectivity index (χ4v) is 2.16. The molecule has 0 fully saturated rings. The fraction of sp³-hybridized carbons (Fsp3) is 0.550. The van der Waals surface area contributed by atoms with Crippen LogP contribution in [0.4, 0.5) is 0 Å². The lowest BCUT2D eigenvalue weighted by Gasteiger charge is -2.05. The summed E-state index contributed by atoms with van der Waals surface area (Å²) in [4.78, 5) is 4.41. The molecular weight excluding hydrogens is 270 g/mol. The molecule has 0 amide bonds. The van der Waals surface area contributed by atoms with Gasteiger partial charge in [-0.05, 0) is 50.7 Å². The molecule has 0 saturated heterocycles. The number of hydrogen-bond acceptors (Lipinski definition) is 2. The summed E-state index contributed by atoms with van der Waals surface area (Å²) in [5, 5.41) is 0. The summed E-state index contributed by atoms with van der Waals surface area (Å²) in [6.45, 7) is 10.0. The Morgan fingerprint density at radius 1 is 1.14 bits per heavy atom. The molecular formula is C20H31NO. The first-order valence-electron chi connectivity index (χ1n) is 8.54. The Morgan fingerprint density at radius 3 is 2.55 bits per heavy atom. The molecule has 22 heavy (non-hydrogen) atoms. The van der Waals surface area contributed by atoms with Crippen molar-refractivity contribution in [1.82, 2.24) is 4.98 Å². The molecule has 2 heteroatoms. The van der Waals surface area contributed by atoms with E-state index in [0.29, 0.717) is 13.2 Å². The van der Waals surface area contributed by atoms with Crippen molar-refractivity contribution in [1.29, 1.82) is 0 Å². The third-order valence-corrected chi connectivity index (χ3v) is 4.00. The number of allylic oxidation sites excluding steroid dienone is 3. The molecule has 0 atom stereocenters. The molecule has 0 aliphatic carbocycles. The number of nitrogens with zero attached hydrogens (tertiary/aromatic N) is 1. The topological polar surface area (TPSA) is 22.1 Å². The molecule has 1 aromatic heterocycles. The van der Waals surface area contributed by atoms with E-state index in [9.17, 15) is 0 Å². The maximum absolute atomic E-state index is 5.72. The lowest BCUT2D eigenvalue weighted by molar-refractivity contribution is 0.145. The molecule has 0 saturated carbocycles. The van der Waals surface area contributed by atoms with E-state index >= 15 is 0 Å². The van der Waals surface area contributed by atoms with Gasteiger partial charge in [-0.2, -0.15) is 0 Å². The van der Waals surface area contributed by atoms with Crippen LogP contribution < -0.4 is 0 Å². The largest absolute Gasteiger partial charge is 0.371 e. The van der Waals surface area contributed by atoms with E-state index < -0.39 is 0 Å². The Kier molecular flexibility index (Phi) is 9.49. The van der Waals surface area contributed by atoms with Crippen molar-refractivity contribution in [2.75, 3.05) is 6.61 Å². The Morgan fingerprint density at radius 2 is 1.95 bits per heavy atom. The monoisotopic (exact) mass is 301 g/mol. The van der Waals surface area contributed by atoms with E-state index in [0.717, 1.165) is 37.8 Å². The number of hydrogen-bond donors (Lipinski definition) is 0. The quantitative estimate of drug-likeness (QED) is 0.412. The van der Waals surface area contributed by atoms with Crippen LogP contribution in [0.3, 0.4) is 0 Å². The SMILES string of the molecule is CCC(C)=CCCC(=CCOCc1ccc(CC)cn1)CC. The zero-order valence-corrected chi connectivity index (χ0v) is 14.7. The van der Waals surface area contributed by atoms with E-state index in [4.69, 9.17) is 4.74 Å². The van der Waals surface area contributed by atoms with Gasteiger partial charge in [-0.1, -0.05) is 50.1 Å². The summed E-state index contributed by atoms with van der Waals surface area (Å²) in [6, 6.07) is 4.18. The standard InChI is InChI=1S/C20H31NO/c1-5-17(4)9-8-10-18(6-2)13-14-22-16-20-12-11-19(7-3)15-21-20/h9,11-13,15H,5-8,10,14,16H2,1-4H3. The van der Waals surface area contributed by atoms with Crippen molar-refractivity contribution in [2.45, 2.75) is 66.4 Å². The van der Waals surface area contributed by atoms with Crippen LogP contribution in [-0.4, -0.2) is 11.6 Å². The summed E-state index contributed by atoms with van der Waals surface area (Å²) in [7, 11) is 0. The van der Waals surface area contributed by atoms with Crippen LogP contribution in [0.1, 0.15) is 64.6 Å². The van der Waals surface area contributed by atoms with Gasteiger partial charge in [-0.3, -0.25) is 4.98 Å². The van der Waals surface area contributed by atoms with Crippen molar-refractivity contribution >= 4 is 0 Å². The first kappa shape index (κ1) is 18.6. The summed E-state index contributed by atoms with van der Waals surface area (Å²) in [5.74, 6) is 0. The Bertz CT molecular complexity index is 471. The lowest BCUT2D eigenvalue weighted by Crippen LogP contribution is -1.97. The minimum atomic E-state index is 0.590. The lowest BCUT2D eigenvalue weighted by atomic mass is 10.1. The van der Waals surface area contributed by atoms with Gasteiger partial charge < -0.3 is 4.74 Å². The van der Waals surface area contributed by atoms with Crippen LogP contribution in [0, 0.1) is 0 Å². The number of ether oxygens (including phenoxy) is 1. The zero-order chi connectivity index (χ0) is 16.2. The van der Waals surface area contributed by atoms with Gasteiger partial charge in [0.1, 0.15) is 0 Å². The molecule has 0 spiro atoms. The van der Waals surface area contributed by atoms with Gasteiger partial charge >= 0.3 is 0 Å². The van der Waals surface area contributed by atoms with Gasteiger partial charge in [0.25, 0.3) is 0 Å². The maximum atomic E-state index is 5.72. The Hall–Kier alpha value is -1.41. The zero-order valence-electron chi connectivity index (χ0n) is 14.7. The number of aryl methyl sites for hydroxylation is 1. The highest BCUT2D eigenvalue weighted by Gasteiger charge is 1.97. The van der Waals surface area contributed by atoms with E-state index in [1.807, 2.05) is 6.20 Å². The highest BCUT2D eigenvalue weighted by molar-refractivity contribution is 5.13. The predicted octanol–water partition coefficient (Wildman–Crippen LogP) is 5.63. The van der Waals surface area contributed by atoms with Crippen molar-refractivity contribution in [3.05, 3.63) is 52.9 Å². The van der Waals surface area contributed by atoms with E-state index in [2.05, 4.69) is 57.0 Å². The maximum Gasteiger partial charge on any atom is 0.0892 e. The van der Waals surface area contributed by atoms with Crippen LogP contribution in [0.25, 0.3) is 0 Å². The Balaban J connectivity index is 2.32. The van der Waals surface area contributed by atoms with Crippen LogP contribution >= 0.6 is 0 Å². The second-order valence-electron chi connectivity index (χ2n) is 5.69. The molecule has 2 nitrogen and oxygen atoms in total. The van der Waals surface area contributed by atoms with Crippen molar-refractivity contribution in [3.8, 4) is 0 Å². The molecule has 1 heterocycles. The van der Waals surface area contributed by atoms with Crippen molar-refractivity contribution in [3.63, 3.8) is 0 Å². The summed E-state index contributed by atoms with van der Waals surface area (Å²) < 4.78 is 5.72. The van der Waals surface area contributed by atoms with Crippen LogP contribution in [0.15, 0.2) is 41.6 Å². The summed E-state index contributed by atoms with van der Waals surface area (Å²) >= 11 is 0. The smallest absolute Gasteiger partial charge is 0.0892 e. The van der Waals surface area contributed by atoms with E-state index in [1.165, 1.54) is 16.7 Å². The Labute approximate surface area is 136 Å². The van der Waals surface area contributed by atoms with Gasteiger partial charge in [0.2, 0.25) is 0 Å². The predicted molar refractivity (Wildman–Crippen MR) is 94.9 cm³/mol. The molecule has 0 N–H and O–H groups in total. The average Bonchev–Trinajstić information content (AvgIpc) is 2.57. The average molecular weight is 301 g/mol. The molecule has 0 aliphatic rings. The molecule has 0 aromatic carbocycles. The normalized spacial score (nSPS) is 12.7. The first-order chi connectivity index (χ1) is 10.7. The number of aromatic nitrogens is 1. The van der Waals surface area contributed by atoms with Gasteiger partial charge in [-0.15, -0.1) is 0 Å². The van der Waals surface area contributed by atoms with Gasteiger partial charge in [0.15, 0.2) is 0 Å². The van der Waals surface area contributed by atoms with Crippen LogP contribution in [0.2, 0.25) is 0 Å². The molecule has 1 aromatic rings. The molecule has 1 rings (SSSR count).